The molecule has 3 aromatic rings. The summed E-state index contributed by atoms with van der Waals surface area (Å²) in [6.07, 6.45) is 6.18. The molecule has 3 fully saturated rings. The summed E-state index contributed by atoms with van der Waals surface area (Å²) < 4.78 is 13.4. The van der Waals surface area contributed by atoms with Crippen molar-refractivity contribution in [2.75, 3.05) is 6.54 Å². The van der Waals surface area contributed by atoms with Gasteiger partial charge in [0.2, 0.25) is 5.91 Å². The van der Waals surface area contributed by atoms with Crippen molar-refractivity contribution in [2.24, 2.45) is 5.92 Å². The maximum atomic E-state index is 13.7. The van der Waals surface area contributed by atoms with Crippen molar-refractivity contribution >= 4 is 17.7 Å². The Hall–Kier alpha value is -3.89. The molecule has 3 amide bonds. The molecule has 0 aromatic heterocycles. The minimum atomic E-state index is -0.654. The summed E-state index contributed by atoms with van der Waals surface area (Å²) in [5.41, 5.74) is 4.09. The molecule has 50 heavy (non-hydrogen) atoms. The second-order valence-electron chi connectivity index (χ2n) is 15.5. The van der Waals surface area contributed by atoms with Gasteiger partial charge in [0.25, 0.3) is 11.8 Å². The SMILES string of the molecule is CC(C)(C)NC(=O)C1CCC2CCCCC2N1CC1CC(c2ccc(CO)cc2)OC(c2ccc(CN3C(=O)c4ccccc4C3=O)cc2)O1. The van der Waals surface area contributed by atoms with Gasteiger partial charge in [-0.2, -0.15) is 0 Å². The van der Waals surface area contributed by atoms with Crippen LogP contribution in [-0.4, -0.2) is 62.9 Å². The van der Waals surface area contributed by atoms with Crippen LogP contribution in [-0.2, 0) is 27.4 Å². The molecule has 9 heteroatoms. The monoisotopic (exact) mass is 679 g/mol. The van der Waals surface area contributed by atoms with Crippen LogP contribution in [0.2, 0.25) is 0 Å². The number of carbonyl (C=O) groups is 3. The number of hydrogen-bond acceptors (Lipinski definition) is 7. The first-order chi connectivity index (χ1) is 24.1. The lowest BCUT2D eigenvalue weighted by Crippen LogP contribution is -2.61. The van der Waals surface area contributed by atoms with Gasteiger partial charge >= 0.3 is 0 Å². The van der Waals surface area contributed by atoms with Crippen LogP contribution >= 0.6 is 0 Å². The summed E-state index contributed by atoms with van der Waals surface area (Å²) in [6, 6.07) is 22.7. The van der Waals surface area contributed by atoms with Crippen LogP contribution in [0.15, 0.2) is 72.8 Å². The number of aliphatic hydroxyl groups excluding tert-OH is 1. The number of ether oxygens (including phenoxy) is 2. The molecular weight excluding hydrogens is 630 g/mol. The number of likely N-dealkylation sites (tertiary alicyclic amines) is 1. The van der Waals surface area contributed by atoms with E-state index in [1.165, 1.54) is 24.2 Å². The lowest BCUT2D eigenvalue weighted by atomic mass is 9.75. The molecule has 0 bridgehead atoms. The lowest BCUT2D eigenvalue weighted by molar-refractivity contribution is -0.255. The predicted octanol–water partition coefficient (Wildman–Crippen LogP) is 6.46. The number of benzene rings is 3. The Morgan fingerprint density at radius 1 is 0.820 bits per heavy atom. The Bertz CT molecular complexity index is 1670. The highest BCUT2D eigenvalue weighted by Crippen LogP contribution is 2.42. The average Bonchev–Trinajstić information content (AvgIpc) is 3.36. The Morgan fingerprint density at radius 3 is 2.12 bits per heavy atom. The molecule has 6 unspecified atom stereocenters. The molecule has 3 heterocycles. The molecule has 2 N–H and O–H groups in total. The number of nitrogens with zero attached hydrogens (tertiary/aromatic N) is 2. The van der Waals surface area contributed by atoms with E-state index in [9.17, 15) is 19.5 Å². The zero-order valence-electron chi connectivity index (χ0n) is 29.3. The number of amides is 3. The molecule has 2 saturated heterocycles. The van der Waals surface area contributed by atoms with Gasteiger partial charge in [-0.15, -0.1) is 0 Å². The highest BCUT2D eigenvalue weighted by molar-refractivity contribution is 6.21. The third kappa shape index (κ3) is 7.28. The first kappa shape index (κ1) is 34.6. The summed E-state index contributed by atoms with van der Waals surface area (Å²) in [5.74, 6) is 0.127. The second kappa shape index (κ2) is 14.4. The molecule has 0 radical (unpaired) electrons. The van der Waals surface area contributed by atoms with Gasteiger partial charge < -0.3 is 19.9 Å². The zero-order valence-corrected chi connectivity index (χ0v) is 29.3. The maximum Gasteiger partial charge on any atom is 0.261 e. The summed E-state index contributed by atoms with van der Waals surface area (Å²) in [4.78, 5) is 43.5. The number of nitrogens with one attached hydrogen (secondary N) is 1. The molecule has 264 valence electrons. The molecule has 3 aliphatic heterocycles. The number of rotatable bonds is 8. The largest absolute Gasteiger partial charge is 0.392 e. The molecule has 3 aromatic carbocycles. The lowest BCUT2D eigenvalue weighted by Gasteiger charge is -2.50. The molecule has 7 rings (SSSR count). The molecule has 1 aliphatic carbocycles. The van der Waals surface area contributed by atoms with Crippen LogP contribution in [0.3, 0.4) is 0 Å². The highest BCUT2D eigenvalue weighted by atomic mass is 16.7. The Morgan fingerprint density at radius 2 is 1.46 bits per heavy atom. The molecule has 1 saturated carbocycles. The van der Waals surface area contributed by atoms with Crippen molar-refractivity contribution < 1.29 is 29.0 Å². The average molecular weight is 680 g/mol. The normalized spacial score (nSPS) is 27.2. The third-order valence-corrected chi connectivity index (χ3v) is 10.8. The fraction of sp³-hybridized carbons (Fsp3) is 0.488. The first-order valence-corrected chi connectivity index (χ1v) is 18.2. The van der Waals surface area contributed by atoms with E-state index >= 15 is 0 Å². The van der Waals surface area contributed by atoms with Gasteiger partial charge in [-0.25, -0.2) is 0 Å². The van der Waals surface area contributed by atoms with Gasteiger partial charge in [0, 0.05) is 30.1 Å². The zero-order chi connectivity index (χ0) is 35.0. The molecular formula is C41H49N3O6. The van der Waals surface area contributed by atoms with Crippen LogP contribution < -0.4 is 5.32 Å². The van der Waals surface area contributed by atoms with E-state index in [2.05, 4.69) is 10.2 Å². The van der Waals surface area contributed by atoms with E-state index in [1.54, 1.807) is 24.3 Å². The number of aliphatic hydroxyl groups is 1. The van der Waals surface area contributed by atoms with Crippen LogP contribution in [0.25, 0.3) is 0 Å². The Balaban J connectivity index is 1.13. The molecule has 6 atom stereocenters. The Labute approximate surface area is 294 Å². The molecule has 9 nitrogen and oxygen atoms in total. The Kier molecular flexibility index (Phi) is 9.94. The smallest absolute Gasteiger partial charge is 0.261 e. The fourth-order valence-corrected chi connectivity index (χ4v) is 8.34. The second-order valence-corrected chi connectivity index (χ2v) is 15.5. The minimum Gasteiger partial charge on any atom is -0.392 e. The number of carbonyl (C=O) groups excluding carboxylic acids is 3. The van der Waals surface area contributed by atoms with Gasteiger partial charge in [0.15, 0.2) is 6.29 Å². The van der Waals surface area contributed by atoms with E-state index in [0.29, 0.717) is 36.1 Å². The molecule has 0 spiro atoms. The van der Waals surface area contributed by atoms with E-state index < -0.39 is 6.29 Å². The third-order valence-electron chi connectivity index (χ3n) is 10.8. The van der Waals surface area contributed by atoms with Crippen molar-refractivity contribution in [1.29, 1.82) is 0 Å². The summed E-state index contributed by atoms with van der Waals surface area (Å²) >= 11 is 0. The van der Waals surface area contributed by atoms with Gasteiger partial charge in [-0.05, 0) is 81.2 Å². The highest BCUT2D eigenvalue weighted by Gasteiger charge is 2.44. The van der Waals surface area contributed by atoms with Crippen molar-refractivity contribution in [3.63, 3.8) is 0 Å². The van der Waals surface area contributed by atoms with Crippen LogP contribution in [0, 0.1) is 5.92 Å². The van der Waals surface area contributed by atoms with Crippen LogP contribution in [0.1, 0.15) is 121 Å². The standard InChI is InChI=1S/C41H49N3O6/c1-41(2,3)42-37(46)35-21-20-28-8-4-7-11-34(28)43(35)24-31-22-36(29-16-14-27(25-45)15-17-29)50-40(49-31)30-18-12-26(13-19-30)23-44-38(47)32-9-5-6-10-33(32)39(44)48/h5-6,9-10,12-19,28,31,34-36,40,45H,4,7-8,11,20-25H2,1-3H3,(H,42,46). The van der Waals surface area contributed by atoms with Crippen LogP contribution in [0.4, 0.5) is 0 Å². The number of hydrogen-bond donors (Lipinski definition) is 2. The van der Waals surface area contributed by atoms with Crippen LogP contribution in [0.5, 0.6) is 0 Å². The topological polar surface area (TPSA) is 108 Å². The van der Waals surface area contributed by atoms with E-state index in [4.69, 9.17) is 9.47 Å². The number of imide groups is 1. The van der Waals surface area contributed by atoms with E-state index in [-0.39, 0.29) is 54.7 Å². The number of fused-ring (bicyclic) bond motifs is 2. The maximum absolute atomic E-state index is 13.7. The van der Waals surface area contributed by atoms with E-state index in [1.807, 2.05) is 69.3 Å². The van der Waals surface area contributed by atoms with Gasteiger partial charge in [-0.3, -0.25) is 24.2 Å². The van der Waals surface area contributed by atoms with Gasteiger partial charge in [0.1, 0.15) is 0 Å². The van der Waals surface area contributed by atoms with Crippen molar-refractivity contribution in [2.45, 2.75) is 115 Å². The van der Waals surface area contributed by atoms with Gasteiger partial charge in [0.05, 0.1) is 42.5 Å². The van der Waals surface area contributed by atoms with Gasteiger partial charge in [-0.1, -0.05) is 73.5 Å². The van der Waals surface area contributed by atoms with Crippen molar-refractivity contribution in [3.8, 4) is 0 Å². The summed E-state index contributed by atoms with van der Waals surface area (Å²) in [6.45, 7) is 6.88. The van der Waals surface area contributed by atoms with E-state index in [0.717, 1.165) is 41.5 Å². The molecule has 4 aliphatic rings. The summed E-state index contributed by atoms with van der Waals surface area (Å²) in [5, 5.41) is 12.9. The quantitative estimate of drug-likeness (QED) is 0.263. The fourth-order valence-electron chi connectivity index (χ4n) is 8.34. The first-order valence-electron chi connectivity index (χ1n) is 18.2. The van der Waals surface area contributed by atoms with Crippen molar-refractivity contribution in [3.05, 3.63) is 106 Å². The predicted molar refractivity (Wildman–Crippen MR) is 189 cm³/mol. The minimum absolute atomic E-state index is 0.0250. The number of piperidine rings is 1. The summed E-state index contributed by atoms with van der Waals surface area (Å²) in [7, 11) is 0. The van der Waals surface area contributed by atoms with Crippen molar-refractivity contribution in [1.82, 2.24) is 15.1 Å².